The number of fused-ring (bicyclic) bond motifs is 1. The maximum Gasteiger partial charge on any atom is 0.247 e. The fourth-order valence-corrected chi connectivity index (χ4v) is 3.96. The second-order valence-corrected chi connectivity index (χ2v) is 6.88. The van der Waals surface area contributed by atoms with Gasteiger partial charge >= 0.3 is 0 Å². The molecule has 0 saturated heterocycles. The molecule has 28 heavy (non-hydrogen) atoms. The van der Waals surface area contributed by atoms with E-state index in [9.17, 15) is 0 Å². The van der Waals surface area contributed by atoms with Crippen molar-refractivity contribution in [2.75, 3.05) is 7.11 Å². The largest absolute Gasteiger partial charge is 0.497 e. The van der Waals surface area contributed by atoms with Gasteiger partial charge in [0.05, 0.1) is 13.3 Å². The van der Waals surface area contributed by atoms with Crippen LogP contribution in [0.25, 0.3) is 17.7 Å². The summed E-state index contributed by atoms with van der Waals surface area (Å²) < 4.78 is 10.8. The van der Waals surface area contributed by atoms with Crippen LogP contribution in [0.1, 0.15) is 22.4 Å². The van der Waals surface area contributed by atoms with Gasteiger partial charge in [-0.25, -0.2) is 4.98 Å². The molecule has 5 nitrogen and oxygen atoms in total. The Morgan fingerprint density at radius 3 is 2.54 bits per heavy atom. The third kappa shape index (κ3) is 2.55. The summed E-state index contributed by atoms with van der Waals surface area (Å²) in [5.41, 5.74) is 4.98. The van der Waals surface area contributed by atoms with Gasteiger partial charge in [0.2, 0.25) is 5.89 Å². The van der Waals surface area contributed by atoms with Crippen LogP contribution in [0.5, 0.6) is 5.75 Å². The number of rotatable bonds is 4. The highest BCUT2D eigenvalue weighted by atomic mass is 16.5. The number of nitrogens with zero attached hydrogens (tertiary/aromatic N) is 2. The van der Waals surface area contributed by atoms with Crippen LogP contribution >= 0.6 is 0 Å². The van der Waals surface area contributed by atoms with Gasteiger partial charge in [0.25, 0.3) is 0 Å². The normalized spacial score (nSPS) is 18.0. The van der Waals surface area contributed by atoms with Crippen molar-refractivity contribution in [1.29, 1.82) is 0 Å². The highest BCUT2D eigenvalue weighted by molar-refractivity contribution is 5.73. The number of ether oxygens (including phenoxy) is 1. The second-order valence-electron chi connectivity index (χ2n) is 6.88. The number of nitrogens with one attached hydrogen (secondary N) is 1. The van der Waals surface area contributed by atoms with E-state index in [2.05, 4.69) is 63.7 Å². The molecule has 1 unspecified atom stereocenters. The molecule has 1 atom stereocenters. The minimum atomic E-state index is -0.291. The lowest BCUT2D eigenvalue weighted by atomic mass is 9.68. The van der Waals surface area contributed by atoms with E-state index in [0.29, 0.717) is 5.89 Å². The van der Waals surface area contributed by atoms with Crippen molar-refractivity contribution in [1.82, 2.24) is 15.2 Å². The lowest BCUT2D eigenvalue weighted by Crippen LogP contribution is -2.30. The first-order valence-electron chi connectivity index (χ1n) is 9.16. The van der Waals surface area contributed by atoms with Gasteiger partial charge in [-0.15, -0.1) is 0 Å². The monoisotopic (exact) mass is 369 g/mol. The molecule has 2 aromatic heterocycles. The number of aromatic amines is 1. The number of H-pyrrole nitrogens is 1. The van der Waals surface area contributed by atoms with Gasteiger partial charge in [-0.1, -0.05) is 54.6 Å². The molecule has 0 amide bonds. The molecule has 0 aliphatic heterocycles. The van der Waals surface area contributed by atoms with Crippen molar-refractivity contribution in [2.45, 2.75) is 11.8 Å². The Hall–Kier alpha value is -3.60. The summed E-state index contributed by atoms with van der Waals surface area (Å²) >= 11 is 0. The molecule has 5 heteroatoms. The number of allylic oxidation sites excluding steroid dienone is 1. The van der Waals surface area contributed by atoms with E-state index in [0.717, 1.165) is 29.1 Å². The third-order valence-electron chi connectivity index (χ3n) is 5.40. The number of hydrogen-bond acceptors (Lipinski definition) is 4. The Morgan fingerprint density at radius 1 is 1.04 bits per heavy atom. The van der Waals surface area contributed by atoms with E-state index in [1.165, 1.54) is 11.1 Å². The van der Waals surface area contributed by atoms with Gasteiger partial charge in [-0.05, 0) is 23.3 Å². The predicted octanol–water partition coefficient (Wildman–Crippen LogP) is 4.63. The molecule has 5 rings (SSSR count). The first-order valence-corrected chi connectivity index (χ1v) is 9.16. The Bertz CT molecular complexity index is 1110. The maximum atomic E-state index is 5.45. The highest BCUT2D eigenvalue weighted by Crippen LogP contribution is 2.43. The van der Waals surface area contributed by atoms with Crippen molar-refractivity contribution < 1.29 is 9.15 Å². The van der Waals surface area contributed by atoms with Crippen LogP contribution < -0.4 is 4.74 Å². The van der Waals surface area contributed by atoms with E-state index in [1.807, 2.05) is 18.2 Å². The van der Waals surface area contributed by atoms with Crippen molar-refractivity contribution in [3.63, 3.8) is 0 Å². The Balaban J connectivity index is 1.65. The van der Waals surface area contributed by atoms with Crippen LogP contribution in [0.4, 0.5) is 0 Å². The highest BCUT2D eigenvalue weighted by Gasteiger charge is 2.37. The minimum Gasteiger partial charge on any atom is -0.497 e. The number of methoxy groups -OCH3 is 1. The molecule has 2 aromatic carbocycles. The molecule has 0 fully saturated rings. The summed E-state index contributed by atoms with van der Waals surface area (Å²) in [6, 6.07) is 18.8. The number of benzene rings is 2. The molecule has 0 spiro atoms. The van der Waals surface area contributed by atoms with E-state index in [1.54, 1.807) is 19.6 Å². The Morgan fingerprint density at radius 2 is 1.82 bits per heavy atom. The zero-order valence-corrected chi connectivity index (χ0v) is 15.4. The van der Waals surface area contributed by atoms with Crippen molar-refractivity contribution in [3.8, 4) is 17.3 Å². The standard InChI is InChI=1S/C23H19N3O2/c1-27-18-9-7-17(8-10-18)23(16-5-3-2-4-6-16)12-11-19-20(15-23)25-26-21(19)22-24-13-14-28-22/h2-14H,15H2,1H3,(H,25,26). The van der Waals surface area contributed by atoms with E-state index in [4.69, 9.17) is 9.15 Å². The van der Waals surface area contributed by atoms with Crippen LogP contribution in [0.2, 0.25) is 0 Å². The van der Waals surface area contributed by atoms with Crippen LogP contribution in [-0.2, 0) is 11.8 Å². The Kier molecular flexibility index (Phi) is 3.86. The van der Waals surface area contributed by atoms with Crippen molar-refractivity contribution >= 4 is 6.08 Å². The summed E-state index contributed by atoms with van der Waals surface area (Å²) in [7, 11) is 1.68. The van der Waals surface area contributed by atoms with Crippen LogP contribution in [0.3, 0.4) is 0 Å². The van der Waals surface area contributed by atoms with E-state index >= 15 is 0 Å². The third-order valence-corrected chi connectivity index (χ3v) is 5.40. The SMILES string of the molecule is COc1ccc(C2(c3ccccc3)C=Cc3c(-c4ncco4)n[nH]c3C2)cc1. The molecule has 1 N–H and O–H groups in total. The molecule has 2 heterocycles. The van der Waals surface area contributed by atoms with Gasteiger partial charge in [0.1, 0.15) is 12.0 Å². The smallest absolute Gasteiger partial charge is 0.247 e. The second kappa shape index (κ2) is 6.53. The molecule has 1 aliphatic rings. The zero-order valence-electron chi connectivity index (χ0n) is 15.4. The molecule has 4 aromatic rings. The molecule has 1 aliphatic carbocycles. The van der Waals surface area contributed by atoms with E-state index < -0.39 is 0 Å². The Labute approximate surface area is 162 Å². The molecule has 0 saturated carbocycles. The van der Waals surface area contributed by atoms with Crippen molar-refractivity contribution in [3.05, 3.63) is 95.5 Å². The fraction of sp³-hybridized carbons (Fsp3) is 0.130. The van der Waals surface area contributed by atoms with Crippen LogP contribution in [0.15, 0.2) is 77.6 Å². The molecular weight excluding hydrogens is 350 g/mol. The lowest BCUT2D eigenvalue weighted by molar-refractivity contribution is 0.414. The van der Waals surface area contributed by atoms with E-state index in [-0.39, 0.29) is 5.41 Å². The first kappa shape index (κ1) is 16.6. The van der Waals surface area contributed by atoms with Crippen molar-refractivity contribution in [2.24, 2.45) is 0 Å². The zero-order chi connectivity index (χ0) is 19.0. The van der Waals surface area contributed by atoms with Gasteiger partial charge in [0.15, 0.2) is 5.69 Å². The maximum absolute atomic E-state index is 5.45. The van der Waals surface area contributed by atoms with Crippen LogP contribution in [0, 0.1) is 0 Å². The van der Waals surface area contributed by atoms with Gasteiger partial charge < -0.3 is 9.15 Å². The predicted molar refractivity (Wildman–Crippen MR) is 107 cm³/mol. The lowest BCUT2D eigenvalue weighted by Gasteiger charge is -2.34. The summed E-state index contributed by atoms with van der Waals surface area (Å²) in [5.74, 6) is 1.37. The average molecular weight is 369 g/mol. The van der Waals surface area contributed by atoms with Gasteiger partial charge in [-0.2, -0.15) is 5.10 Å². The summed E-state index contributed by atoms with van der Waals surface area (Å²) in [5, 5.41) is 7.67. The summed E-state index contributed by atoms with van der Waals surface area (Å²) in [6.45, 7) is 0. The molecule has 0 radical (unpaired) electrons. The molecule has 0 bridgehead atoms. The quantitative estimate of drug-likeness (QED) is 0.570. The first-order chi connectivity index (χ1) is 13.8. The number of oxazole rings is 1. The summed E-state index contributed by atoms with van der Waals surface area (Å²) in [6.07, 6.45) is 8.35. The van der Waals surface area contributed by atoms with Gasteiger partial charge in [-0.3, -0.25) is 5.10 Å². The summed E-state index contributed by atoms with van der Waals surface area (Å²) in [4.78, 5) is 4.24. The van der Waals surface area contributed by atoms with Crippen LogP contribution in [-0.4, -0.2) is 22.3 Å². The minimum absolute atomic E-state index is 0.291. The average Bonchev–Trinajstić information content (AvgIpc) is 3.43. The molecule has 138 valence electrons. The van der Waals surface area contributed by atoms with Gasteiger partial charge in [0, 0.05) is 23.1 Å². The fourth-order valence-electron chi connectivity index (χ4n) is 3.96. The number of aromatic nitrogens is 3. The topological polar surface area (TPSA) is 63.9 Å². The number of hydrogen-bond donors (Lipinski definition) is 1. The molecular formula is C23H19N3O2.